The van der Waals surface area contributed by atoms with Crippen LogP contribution in [0.3, 0.4) is 0 Å². The molecule has 1 aliphatic rings. The zero-order valence-corrected chi connectivity index (χ0v) is 11.1. The Morgan fingerprint density at radius 3 is 2.30 bits per heavy atom. The maximum atomic E-state index is 9.04. The van der Waals surface area contributed by atoms with Crippen molar-refractivity contribution in [2.24, 2.45) is 4.99 Å². The van der Waals surface area contributed by atoms with Crippen LogP contribution in [0.15, 0.2) is 23.2 Å². The molecule has 0 radical (unpaired) electrons. The monoisotopic (exact) mass is 279 g/mol. The largest absolute Gasteiger partial charge is 0.286 e. The van der Waals surface area contributed by atoms with Crippen molar-refractivity contribution in [3.8, 4) is 23.4 Å². The van der Waals surface area contributed by atoms with Gasteiger partial charge in [0.1, 0.15) is 23.5 Å². The number of aromatic nitrogens is 2. The summed E-state index contributed by atoms with van der Waals surface area (Å²) in [5, 5.41) is 18.7. The van der Waals surface area contributed by atoms with E-state index in [2.05, 4.69) is 15.0 Å². The normalized spacial score (nSPS) is 13.5. The average molecular weight is 280 g/mol. The minimum atomic E-state index is 0.00584. The molecule has 5 nitrogen and oxygen atoms in total. The lowest BCUT2D eigenvalue weighted by Crippen LogP contribution is -2.05. The number of halogens is 1. The van der Waals surface area contributed by atoms with Crippen LogP contribution in [-0.4, -0.2) is 22.7 Å². The van der Waals surface area contributed by atoms with Crippen LogP contribution in [0.2, 0.25) is 5.02 Å². The predicted octanol–water partition coefficient (Wildman–Crippen LogP) is 2.32. The van der Waals surface area contributed by atoms with E-state index in [1.165, 1.54) is 0 Å². The predicted molar refractivity (Wildman–Crippen MR) is 73.5 cm³/mol. The van der Waals surface area contributed by atoms with Gasteiger partial charge in [0, 0.05) is 23.2 Å². The van der Waals surface area contributed by atoms with E-state index in [0.717, 1.165) is 11.1 Å². The highest BCUT2D eigenvalue weighted by molar-refractivity contribution is 6.32. The molecule has 0 saturated carbocycles. The van der Waals surface area contributed by atoms with Gasteiger partial charge in [-0.1, -0.05) is 17.7 Å². The second-order valence-corrected chi connectivity index (χ2v) is 4.54. The third-order valence-electron chi connectivity index (χ3n) is 3.05. The van der Waals surface area contributed by atoms with Crippen LogP contribution in [0.25, 0.3) is 11.3 Å². The second-order valence-electron chi connectivity index (χ2n) is 4.10. The molecular weight excluding hydrogens is 274 g/mol. The molecule has 0 fully saturated rings. The van der Waals surface area contributed by atoms with Crippen molar-refractivity contribution in [3.63, 3.8) is 0 Å². The molecule has 94 valence electrons. The lowest BCUT2D eigenvalue weighted by Gasteiger charge is -2.00. The van der Waals surface area contributed by atoms with Crippen molar-refractivity contribution in [3.05, 3.63) is 45.9 Å². The van der Waals surface area contributed by atoms with Gasteiger partial charge in [0.25, 0.3) is 0 Å². The lowest BCUT2D eigenvalue weighted by molar-refractivity contribution is 1.13. The van der Waals surface area contributed by atoms with Crippen molar-refractivity contribution in [1.82, 2.24) is 9.97 Å². The average Bonchev–Trinajstić information content (AvgIpc) is 2.77. The summed E-state index contributed by atoms with van der Waals surface area (Å²) in [5.41, 5.74) is 3.36. The molecule has 0 atom stereocenters. The van der Waals surface area contributed by atoms with Gasteiger partial charge >= 0.3 is 0 Å². The summed E-state index contributed by atoms with van der Waals surface area (Å²) in [6, 6.07) is 9.11. The van der Waals surface area contributed by atoms with Crippen LogP contribution >= 0.6 is 11.6 Å². The number of fused-ring (bicyclic) bond motifs is 3. The van der Waals surface area contributed by atoms with E-state index in [9.17, 15) is 0 Å². The summed E-state index contributed by atoms with van der Waals surface area (Å²) in [7, 11) is 1.64. The Balaban J connectivity index is 2.39. The Morgan fingerprint density at radius 1 is 1.05 bits per heavy atom. The van der Waals surface area contributed by atoms with Crippen molar-refractivity contribution in [2.45, 2.75) is 0 Å². The van der Waals surface area contributed by atoms with Gasteiger partial charge in [0.2, 0.25) is 0 Å². The maximum Gasteiger partial charge on any atom is 0.177 e. The van der Waals surface area contributed by atoms with Gasteiger partial charge in [0.15, 0.2) is 11.4 Å². The number of hydrogen-bond acceptors (Lipinski definition) is 5. The molecule has 0 N–H and O–H groups in total. The molecule has 3 rings (SSSR count). The molecule has 1 aromatic carbocycles. The fraction of sp³-hybridized carbons (Fsp3) is 0.0714. The van der Waals surface area contributed by atoms with Crippen molar-refractivity contribution in [2.75, 3.05) is 7.05 Å². The molecule has 0 aliphatic heterocycles. The number of rotatable bonds is 0. The maximum absolute atomic E-state index is 9.04. The van der Waals surface area contributed by atoms with E-state index in [1.54, 1.807) is 19.2 Å². The van der Waals surface area contributed by atoms with E-state index in [0.29, 0.717) is 22.1 Å². The Bertz CT molecular complexity index is 855. The van der Waals surface area contributed by atoms with Crippen molar-refractivity contribution >= 4 is 17.3 Å². The third kappa shape index (κ3) is 1.58. The topological polar surface area (TPSA) is 85.7 Å². The lowest BCUT2D eigenvalue weighted by atomic mass is 10.1. The summed E-state index contributed by atoms with van der Waals surface area (Å²) in [6.07, 6.45) is 0. The fourth-order valence-corrected chi connectivity index (χ4v) is 2.39. The number of benzene rings is 1. The van der Waals surface area contributed by atoms with Gasteiger partial charge < -0.3 is 0 Å². The molecular formula is C14H6ClN5. The number of aliphatic imine (C=N–C) groups is 1. The SMILES string of the molecule is CN=C1c2cc(Cl)ccc2-c2nc(C#N)c(C#N)nc21. The second kappa shape index (κ2) is 4.41. The molecule has 0 spiro atoms. The van der Waals surface area contributed by atoms with E-state index < -0.39 is 0 Å². The quantitative estimate of drug-likeness (QED) is 0.632. The van der Waals surface area contributed by atoms with Gasteiger partial charge in [-0.2, -0.15) is 10.5 Å². The van der Waals surface area contributed by atoms with Gasteiger partial charge in [-0.15, -0.1) is 0 Å². The standard InChI is InChI=1S/C14H6ClN5/c1-18-12-9-4-7(15)2-3-8(9)13-14(12)20-11(6-17)10(5-16)19-13/h2-4H,1H3. The van der Waals surface area contributed by atoms with Crippen LogP contribution in [0.4, 0.5) is 0 Å². The highest BCUT2D eigenvalue weighted by atomic mass is 35.5. The Kier molecular flexibility index (Phi) is 2.71. The van der Waals surface area contributed by atoms with Gasteiger partial charge in [-0.3, -0.25) is 4.99 Å². The number of nitriles is 2. The summed E-state index contributed by atoms with van der Waals surface area (Å²) in [4.78, 5) is 12.7. The van der Waals surface area contributed by atoms with Gasteiger partial charge in [0.05, 0.1) is 5.71 Å². The minimum absolute atomic E-state index is 0.00584. The Hall–Kier alpha value is -2.76. The first kappa shape index (κ1) is 12.3. The van der Waals surface area contributed by atoms with Crippen LogP contribution in [0.1, 0.15) is 22.6 Å². The van der Waals surface area contributed by atoms with Crippen molar-refractivity contribution in [1.29, 1.82) is 10.5 Å². The first-order valence-electron chi connectivity index (χ1n) is 5.69. The number of nitrogens with zero attached hydrogens (tertiary/aromatic N) is 5. The summed E-state index contributed by atoms with van der Waals surface area (Å²) in [5.74, 6) is 0. The summed E-state index contributed by atoms with van der Waals surface area (Å²) >= 11 is 6.01. The molecule has 0 saturated heterocycles. The van der Waals surface area contributed by atoms with Crippen molar-refractivity contribution < 1.29 is 0 Å². The molecule has 20 heavy (non-hydrogen) atoms. The van der Waals surface area contributed by atoms with Crippen LogP contribution in [-0.2, 0) is 0 Å². The first-order valence-corrected chi connectivity index (χ1v) is 6.07. The highest BCUT2D eigenvalue weighted by Crippen LogP contribution is 2.36. The van der Waals surface area contributed by atoms with Crippen LogP contribution in [0, 0.1) is 22.7 Å². The molecule has 2 aromatic rings. The molecule has 1 aliphatic carbocycles. The van der Waals surface area contributed by atoms with Gasteiger partial charge in [-0.05, 0) is 12.1 Å². The zero-order chi connectivity index (χ0) is 14.3. The van der Waals surface area contributed by atoms with Gasteiger partial charge in [-0.25, -0.2) is 9.97 Å². The third-order valence-corrected chi connectivity index (χ3v) is 3.28. The minimum Gasteiger partial charge on any atom is -0.286 e. The molecule has 1 aromatic heterocycles. The smallest absolute Gasteiger partial charge is 0.177 e. The van der Waals surface area contributed by atoms with E-state index in [-0.39, 0.29) is 11.4 Å². The summed E-state index contributed by atoms with van der Waals surface area (Å²) in [6.45, 7) is 0. The fourth-order valence-electron chi connectivity index (χ4n) is 2.22. The number of hydrogen-bond donors (Lipinski definition) is 0. The molecule has 0 bridgehead atoms. The van der Waals surface area contributed by atoms with E-state index in [4.69, 9.17) is 22.1 Å². The first-order chi connectivity index (χ1) is 9.69. The van der Waals surface area contributed by atoms with Crippen LogP contribution < -0.4 is 0 Å². The van der Waals surface area contributed by atoms with E-state index >= 15 is 0 Å². The molecule has 0 unspecified atom stereocenters. The molecule has 6 heteroatoms. The molecule has 0 amide bonds. The Labute approximate surface area is 119 Å². The molecule has 1 heterocycles. The van der Waals surface area contributed by atoms with E-state index in [1.807, 2.05) is 18.2 Å². The summed E-state index contributed by atoms with van der Waals surface area (Å²) < 4.78 is 0. The zero-order valence-electron chi connectivity index (χ0n) is 10.3. The Morgan fingerprint density at radius 2 is 1.70 bits per heavy atom. The van der Waals surface area contributed by atoms with Crippen LogP contribution in [0.5, 0.6) is 0 Å². The highest BCUT2D eigenvalue weighted by Gasteiger charge is 2.29.